The number of hydrogen-bond donors (Lipinski definition) is 2. The number of aryl methyl sites for hydroxylation is 2. The molecular weight excluding hydrogens is 348 g/mol. The molecule has 0 atom stereocenters. The maximum absolute atomic E-state index is 12.0. The Morgan fingerprint density at radius 1 is 1.15 bits per heavy atom. The molecule has 6 heteroatoms. The maximum atomic E-state index is 12.0. The van der Waals surface area contributed by atoms with Gasteiger partial charge in [-0.3, -0.25) is 9.48 Å². The minimum Gasteiger partial charge on any atom is -0.356 e. The van der Waals surface area contributed by atoms with Gasteiger partial charge in [0.2, 0.25) is 5.91 Å². The lowest BCUT2D eigenvalue weighted by molar-refractivity contribution is -0.121. The molecule has 2 aromatic rings. The average Bonchev–Trinajstić information content (AvgIpc) is 2.85. The zero-order valence-electron chi connectivity index (χ0n) is 16.0. The van der Waals surface area contributed by atoms with E-state index in [1.165, 1.54) is 16.7 Å². The molecule has 0 unspecified atom stereocenters. The third kappa shape index (κ3) is 6.46. The van der Waals surface area contributed by atoms with Crippen LogP contribution < -0.4 is 11.1 Å². The molecule has 1 heterocycles. The van der Waals surface area contributed by atoms with Crippen molar-refractivity contribution in [2.75, 3.05) is 13.1 Å². The molecule has 144 valence electrons. The molecule has 0 saturated carbocycles. The highest BCUT2D eigenvalue weighted by molar-refractivity contribution is 5.85. The molecule has 3 N–H and O–H groups in total. The normalized spacial score (nSPS) is 10.5. The largest absolute Gasteiger partial charge is 0.356 e. The summed E-state index contributed by atoms with van der Waals surface area (Å²) in [6.45, 7) is 8.34. The van der Waals surface area contributed by atoms with Gasteiger partial charge in [0.1, 0.15) is 0 Å². The highest BCUT2D eigenvalue weighted by atomic mass is 35.5. The Bertz CT molecular complexity index is 695. The summed E-state index contributed by atoms with van der Waals surface area (Å²) in [6, 6.07) is 8.52. The van der Waals surface area contributed by atoms with Crippen molar-refractivity contribution < 1.29 is 4.79 Å². The van der Waals surface area contributed by atoms with E-state index >= 15 is 0 Å². The van der Waals surface area contributed by atoms with E-state index in [1.54, 1.807) is 0 Å². The molecule has 0 bridgehead atoms. The standard InChI is InChI=1S/C20H30N4O.ClH/c1-15-6-8-18(9-7-15)14-24-17(3)19(16(2)23-24)10-11-20(25)22-13-5-4-12-21;/h6-9H,4-5,10-14,21H2,1-3H3,(H,22,25);1H. The molecule has 0 fully saturated rings. The van der Waals surface area contributed by atoms with Crippen LogP contribution in [0.4, 0.5) is 0 Å². The highest BCUT2D eigenvalue weighted by Gasteiger charge is 2.13. The topological polar surface area (TPSA) is 72.9 Å². The quantitative estimate of drug-likeness (QED) is 0.658. The predicted octanol–water partition coefficient (Wildman–Crippen LogP) is 3.07. The molecule has 0 saturated heterocycles. The molecular formula is C20H31ClN4O. The Balaban J connectivity index is 0.00000338. The number of nitrogens with two attached hydrogens (primary N) is 1. The van der Waals surface area contributed by atoms with Gasteiger partial charge >= 0.3 is 0 Å². The van der Waals surface area contributed by atoms with Crippen LogP contribution in [0.1, 0.15) is 47.3 Å². The summed E-state index contributed by atoms with van der Waals surface area (Å²) in [5.41, 5.74) is 11.3. The van der Waals surface area contributed by atoms with Crippen LogP contribution in [0.3, 0.4) is 0 Å². The first kappa shape index (κ1) is 22.2. The van der Waals surface area contributed by atoms with Crippen molar-refractivity contribution in [1.82, 2.24) is 15.1 Å². The number of nitrogens with one attached hydrogen (secondary N) is 1. The number of benzene rings is 1. The number of carbonyl (C=O) groups excluding carboxylic acids is 1. The van der Waals surface area contributed by atoms with Crippen LogP contribution in [0.15, 0.2) is 24.3 Å². The summed E-state index contributed by atoms with van der Waals surface area (Å²) in [4.78, 5) is 12.0. The van der Waals surface area contributed by atoms with E-state index in [-0.39, 0.29) is 18.3 Å². The Morgan fingerprint density at radius 3 is 2.50 bits per heavy atom. The molecule has 0 aliphatic carbocycles. The van der Waals surface area contributed by atoms with Gasteiger partial charge in [-0.05, 0) is 57.7 Å². The first-order valence-corrected chi connectivity index (χ1v) is 9.06. The first-order valence-electron chi connectivity index (χ1n) is 9.06. The lowest BCUT2D eigenvalue weighted by atomic mass is 10.1. The third-order valence-corrected chi connectivity index (χ3v) is 4.54. The van der Waals surface area contributed by atoms with Crippen molar-refractivity contribution in [1.29, 1.82) is 0 Å². The number of amides is 1. The summed E-state index contributed by atoms with van der Waals surface area (Å²) in [7, 11) is 0. The summed E-state index contributed by atoms with van der Waals surface area (Å²) >= 11 is 0. The maximum Gasteiger partial charge on any atom is 0.220 e. The van der Waals surface area contributed by atoms with Gasteiger partial charge < -0.3 is 11.1 Å². The van der Waals surface area contributed by atoms with Gasteiger partial charge in [-0.15, -0.1) is 12.4 Å². The molecule has 0 aliphatic heterocycles. The molecule has 1 aromatic carbocycles. The van der Waals surface area contributed by atoms with Crippen molar-refractivity contribution in [3.63, 3.8) is 0 Å². The van der Waals surface area contributed by atoms with Gasteiger partial charge in [-0.25, -0.2) is 0 Å². The molecule has 0 aliphatic rings. The molecule has 5 nitrogen and oxygen atoms in total. The van der Waals surface area contributed by atoms with E-state index in [0.717, 1.165) is 37.2 Å². The van der Waals surface area contributed by atoms with Crippen molar-refractivity contribution >= 4 is 18.3 Å². The highest BCUT2D eigenvalue weighted by Crippen LogP contribution is 2.17. The third-order valence-electron chi connectivity index (χ3n) is 4.54. The van der Waals surface area contributed by atoms with Crippen LogP contribution in [-0.4, -0.2) is 28.8 Å². The summed E-state index contributed by atoms with van der Waals surface area (Å²) in [5, 5.41) is 7.62. The fourth-order valence-corrected chi connectivity index (χ4v) is 2.94. The molecule has 2 rings (SSSR count). The van der Waals surface area contributed by atoms with Crippen LogP contribution >= 0.6 is 12.4 Å². The molecule has 1 amide bonds. The van der Waals surface area contributed by atoms with E-state index in [9.17, 15) is 4.79 Å². The molecule has 1 aromatic heterocycles. The fraction of sp³-hybridized carbons (Fsp3) is 0.500. The van der Waals surface area contributed by atoms with Gasteiger partial charge in [0.25, 0.3) is 0 Å². The van der Waals surface area contributed by atoms with E-state index < -0.39 is 0 Å². The summed E-state index contributed by atoms with van der Waals surface area (Å²) < 4.78 is 2.04. The lowest BCUT2D eigenvalue weighted by Gasteiger charge is -2.07. The van der Waals surface area contributed by atoms with E-state index in [1.807, 2.05) is 11.6 Å². The summed E-state index contributed by atoms with van der Waals surface area (Å²) in [5.74, 6) is 0.0992. The van der Waals surface area contributed by atoms with E-state index in [0.29, 0.717) is 19.5 Å². The second kappa shape index (κ2) is 11.0. The van der Waals surface area contributed by atoms with Crippen LogP contribution in [-0.2, 0) is 17.8 Å². The van der Waals surface area contributed by atoms with Gasteiger partial charge in [-0.1, -0.05) is 29.8 Å². The number of rotatable bonds is 9. The van der Waals surface area contributed by atoms with Gasteiger partial charge in [0, 0.05) is 18.7 Å². The van der Waals surface area contributed by atoms with Crippen molar-refractivity contribution in [2.45, 2.75) is 53.0 Å². The number of aromatic nitrogens is 2. The zero-order chi connectivity index (χ0) is 18.2. The SMILES string of the molecule is Cc1ccc(Cn2nc(C)c(CCC(=O)NCCCCN)c2C)cc1.Cl. The molecule has 26 heavy (non-hydrogen) atoms. The van der Waals surface area contributed by atoms with Crippen molar-refractivity contribution in [3.8, 4) is 0 Å². The number of nitrogens with zero attached hydrogens (tertiary/aromatic N) is 2. The monoisotopic (exact) mass is 378 g/mol. The van der Waals surface area contributed by atoms with Gasteiger partial charge in [0.05, 0.1) is 12.2 Å². The Morgan fingerprint density at radius 2 is 1.85 bits per heavy atom. The van der Waals surface area contributed by atoms with E-state index in [4.69, 9.17) is 5.73 Å². The van der Waals surface area contributed by atoms with Crippen molar-refractivity contribution in [3.05, 3.63) is 52.3 Å². The van der Waals surface area contributed by atoms with Crippen LogP contribution in [0.2, 0.25) is 0 Å². The second-order valence-electron chi connectivity index (χ2n) is 6.64. The van der Waals surface area contributed by atoms with Crippen LogP contribution in [0.25, 0.3) is 0 Å². The van der Waals surface area contributed by atoms with Gasteiger partial charge in [-0.2, -0.15) is 5.10 Å². The number of carbonyl (C=O) groups is 1. The first-order chi connectivity index (χ1) is 12.0. The van der Waals surface area contributed by atoms with Crippen LogP contribution in [0, 0.1) is 20.8 Å². The van der Waals surface area contributed by atoms with Crippen molar-refractivity contribution in [2.24, 2.45) is 5.73 Å². The summed E-state index contributed by atoms with van der Waals surface area (Å²) in [6.07, 6.45) is 3.12. The molecule has 0 radical (unpaired) electrons. The smallest absolute Gasteiger partial charge is 0.220 e. The number of unbranched alkanes of at least 4 members (excludes halogenated alkanes) is 1. The Kier molecular flexibility index (Phi) is 9.38. The zero-order valence-corrected chi connectivity index (χ0v) is 16.9. The second-order valence-corrected chi connectivity index (χ2v) is 6.64. The number of halogens is 1. The van der Waals surface area contributed by atoms with Crippen LogP contribution in [0.5, 0.6) is 0 Å². The minimum atomic E-state index is 0. The minimum absolute atomic E-state index is 0. The Labute approximate surface area is 162 Å². The fourth-order valence-electron chi connectivity index (χ4n) is 2.94. The number of hydrogen-bond acceptors (Lipinski definition) is 3. The van der Waals surface area contributed by atoms with Gasteiger partial charge in [0.15, 0.2) is 0 Å². The predicted molar refractivity (Wildman–Crippen MR) is 109 cm³/mol. The molecule has 0 spiro atoms. The lowest BCUT2D eigenvalue weighted by Crippen LogP contribution is -2.25. The van der Waals surface area contributed by atoms with E-state index in [2.05, 4.69) is 48.5 Å². The Hall–Kier alpha value is -1.85. The average molecular weight is 379 g/mol.